The Bertz CT molecular complexity index is 1080. The minimum absolute atomic E-state index is 0.175. The van der Waals surface area contributed by atoms with Gasteiger partial charge in [-0.2, -0.15) is 0 Å². The lowest BCUT2D eigenvalue weighted by atomic mass is 9.88. The molecular formula is C26H28N2O4. The van der Waals surface area contributed by atoms with Crippen LogP contribution in [-0.4, -0.2) is 38.3 Å². The van der Waals surface area contributed by atoms with Crippen LogP contribution in [0.4, 0.5) is 10.5 Å². The number of ether oxygens (including phenoxy) is 3. The van der Waals surface area contributed by atoms with E-state index in [1.165, 1.54) is 0 Å². The van der Waals surface area contributed by atoms with E-state index in [4.69, 9.17) is 14.2 Å². The standard InChI is InChI=1S/C26H28N2O4/c1-4-32-22-13-9-8-12-21(22)27-26(29)28-15-14-19-16-23(30-2)24(31-3)17-20(19)25(28)18-10-6-5-7-11-18/h5-13,16-17,25H,4,14-15H2,1-3H3,(H,27,29)/t25-/m0/s1. The predicted octanol–water partition coefficient (Wildman–Crippen LogP) is 5.28. The maximum absolute atomic E-state index is 13.5. The van der Waals surface area contributed by atoms with Gasteiger partial charge >= 0.3 is 6.03 Å². The van der Waals surface area contributed by atoms with Crippen molar-refractivity contribution in [3.05, 3.63) is 83.4 Å². The zero-order valence-corrected chi connectivity index (χ0v) is 18.6. The topological polar surface area (TPSA) is 60.0 Å². The first-order valence-corrected chi connectivity index (χ1v) is 10.8. The SMILES string of the molecule is CCOc1ccccc1NC(=O)N1CCc2cc(OC)c(OC)cc2[C@@H]1c1ccccc1. The number of carbonyl (C=O) groups is 1. The van der Waals surface area contributed by atoms with E-state index >= 15 is 0 Å². The zero-order valence-electron chi connectivity index (χ0n) is 18.6. The highest BCUT2D eigenvalue weighted by Gasteiger charge is 2.33. The minimum atomic E-state index is -0.251. The Morgan fingerprint density at radius 3 is 2.38 bits per heavy atom. The van der Waals surface area contributed by atoms with Gasteiger partial charge in [-0.1, -0.05) is 42.5 Å². The summed E-state index contributed by atoms with van der Waals surface area (Å²) in [4.78, 5) is 15.4. The van der Waals surface area contributed by atoms with Crippen LogP contribution in [-0.2, 0) is 6.42 Å². The van der Waals surface area contributed by atoms with E-state index in [1.807, 2.05) is 78.6 Å². The van der Waals surface area contributed by atoms with Crippen molar-refractivity contribution in [3.8, 4) is 17.2 Å². The van der Waals surface area contributed by atoms with Crippen molar-refractivity contribution in [1.82, 2.24) is 4.90 Å². The van der Waals surface area contributed by atoms with Crippen LogP contribution in [0.5, 0.6) is 17.2 Å². The average molecular weight is 433 g/mol. The number of amides is 2. The molecule has 1 N–H and O–H groups in total. The Morgan fingerprint density at radius 1 is 0.969 bits per heavy atom. The second-order valence-electron chi connectivity index (χ2n) is 7.52. The van der Waals surface area contributed by atoms with E-state index in [1.54, 1.807) is 14.2 Å². The van der Waals surface area contributed by atoms with E-state index in [0.717, 1.165) is 23.1 Å². The van der Waals surface area contributed by atoms with Crippen LogP contribution in [0.1, 0.15) is 29.7 Å². The molecule has 6 nitrogen and oxygen atoms in total. The van der Waals surface area contributed by atoms with Gasteiger partial charge in [0.15, 0.2) is 11.5 Å². The first-order valence-electron chi connectivity index (χ1n) is 10.8. The summed E-state index contributed by atoms with van der Waals surface area (Å²) in [5, 5.41) is 3.05. The van der Waals surface area contributed by atoms with Gasteiger partial charge in [-0.25, -0.2) is 4.79 Å². The summed E-state index contributed by atoms with van der Waals surface area (Å²) in [5.74, 6) is 2.00. The molecular weight excluding hydrogens is 404 g/mol. The molecule has 2 amide bonds. The fraction of sp³-hybridized carbons (Fsp3) is 0.269. The van der Waals surface area contributed by atoms with Gasteiger partial charge in [-0.15, -0.1) is 0 Å². The van der Waals surface area contributed by atoms with Crippen molar-refractivity contribution in [3.63, 3.8) is 0 Å². The van der Waals surface area contributed by atoms with Crippen LogP contribution in [0.3, 0.4) is 0 Å². The predicted molar refractivity (Wildman–Crippen MR) is 125 cm³/mol. The molecule has 166 valence electrons. The smallest absolute Gasteiger partial charge is 0.322 e. The number of hydrogen-bond donors (Lipinski definition) is 1. The summed E-state index contributed by atoms with van der Waals surface area (Å²) in [6.45, 7) is 3.02. The van der Waals surface area contributed by atoms with Gasteiger partial charge in [0, 0.05) is 6.54 Å². The van der Waals surface area contributed by atoms with E-state index in [0.29, 0.717) is 36.1 Å². The fourth-order valence-electron chi connectivity index (χ4n) is 4.20. The maximum atomic E-state index is 13.5. The molecule has 0 unspecified atom stereocenters. The lowest BCUT2D eigenvalue weighted by Crippen LogP contribution is -2.43. The Morgan fingerprint density at radius 2 is 1.66 bits per heavy atom. The maximum Gasteiger partial charge on any atom is 0.322 e. The molecule has 3 aromatic rings. The van der Waals surface area contributed by atoms with Crippen molar-refractivity contribution in [2.24, 2.45) is 0 Å². The molecule has 0 saturated heterocycles. The zero-order chi connectivity index (χ0) is 22.5. The van der Waals surface area contributed by atoms with Gasteiger partial charge in [-0.05, 0) is 54.3 Å². The van der Waals surface area contributed by atoms with Crippen LogP contribution in [0.25, 0.3) is 0 Å². The van der Waals surface area contributed by atoms with E-state index in [9.17, 15) is 4.79 Å². The number of carbonyl (C=O) groups excluding carboxylic acids is 1. The second kappa shape index (κ2) is 9.64. The Kier molecular flexibility index (Phi) is 6.50. The third-order valence-corrected chi connectivity index (χ3v) is 5.68. The molecule has 32 heavy (non-hydrogen) atoms. The summed E-state index contributed by atoms with van der Waals surface area (Å²) in [5.41, 5.74) is 3.88. The Balaban J connectivity index is 1.73. The van der Waals surface area contributed by atoms with Gasteiger partial charge < -0.3 is 24.4 Å². The third-order valence-electron chi connectivity index (χ3n) is 5.68. The van der Waals surface area contributed by atoms with Crippen molar-refractivity contribution in [1.29, 1.82) is 0 Å². The van der Waals surface area contributed by atoms with Crippen molar-refractivity contribution < 1.29 is 19.0 Å². The number of para-hydroxylation sites is 2. The molecule has 0 aliphatic carbocycles. The van der Waals surface area contributed by atoms with Crippen molar-refractivity contribution in [2.45, 2.75) is 19.4 Å². The van der Waals surface area contributed by atoms with Crippen molar-refractivity contribution >= 4 is 11.7 Å². The normalized spacial score (nSPS) is 15.0. The number of hydrogen-bond acceptors (Lipinski definition) is 4. The number of anilines is 1. The fourth-order valence-corrected chi connectivity index (χ4v) is 4.20. The molecule has 0 radical (unpaired) electrons. The third kappa shape index (κ3) is 4.21. The van der Waals surface area contributed by atoms with Gasteiger partial charge in [0.05, 0.1) is 32.6 Å². The average Bonchev–Trinajstić information content (AvgIpc) is 2.84. The lowest BCUT2D eigenvalue weighted by Gasteiger charge is -2.38. The molecule has 1 atom stereocenters. The molecule has 0 bridgehead atoms. The van der Waals surface area contributed by atoms with E-state index in [2.05, 4.69) is 5.32 Å². The van der Waals surface area contributed by atoms with Crippen LogP contribution in [0.15, 0.2) is 66.7 Å². The van der Waals surface area contributed by atoms with Crippen LogP contribution < -0.4 is 19.5 Å². The van der Waals surface area contributed by atoms with Crippen LogP contribution >= 0.6 is 0 Å². The van der Waals surface area contributed by atoms with Gasteiger partial charge in [0.1, 0.15) is 5.75 Å². The molecule has 4 rings (SSSR count). The molecule has 3 aromatic carbocycles. The molecule has 0 fully saturated rings. The number of nitrogens with one attached hydrogen (secondary N) is 1. The molecule has 6 heteroatoms. The summed E-state index contributed by atoms with van der Waals surface area (Å²) in [6.07, 6.45) is 0.722. The number of rotatable bonds is 6. The van der Waals surface area contributed by atoms with Crippen LogP contribution in [0.2, 0.25) is 0 Å². The number of fused-ring (bicyclic) bond motifs is 1. The Labute approximate surface area is 188 Å². The molecule has 0 aromatic heterocycles. The highest BCUT2D eigenvalue weighted by Crippen LogP contribution is 2.41. The molecule has 1 aliphatic rings. The first kappa shape index (κ1) is 21.6. The van der Waals surface area contributed by atoms with Crippen molar-refractivity contribution in [2.75, 3.05) is 32.7 Å². The number of urea groups is 1. The highest BCUT2D eigenvalue weighted by atomic mass is 16.5. The Hall–Kier alpha value is -3.67. The molecule has 0 spiro atoms. The monoisotopic (exact) mass is 432 g/mol. The second-order valence-corrected chi connectivity index (χ2v) is 7.52. The molecule has 1 heterocycles. The largest absolute Gasteiger partial charge is 0.493 e. The van der Waals surface area contributed by atoms with Gasteiger partial charge in [0.2, 0.25) is 0 Å². The van der Waals surface area contributed by atoms with Crippen LogP contribution in [0, 0.1) is 0 Å². The molecule has 0 saturated carbocycles. The summed E-state index contributed by atoms with van der Waals surface area (Å²) in [6, 6.07) is 21.1. The number of benzene rings is 3. The first-order chi connectivity index (χ1) is 15.7. The summed E-state index contributed by atoms with van der Waals surface area (Å²) < 4.78 is 16.7. The van der Waals surface area contributed by atoms with Gasteiger partial charge in [-0.3, -0.25) is 0 Å². The van der Waals surface area contributed by atoms with E-state index in [-0.39, 0.29) is 12.1 Å². The summed E-state index contributed by atoms with van der Waals surface area (Å²) >= 11 is 0. The minimum Gasteiger partial charge on any atom is -0.493 e. The number of nitrogens with zero attached hydrogens (tertiary/aromatic N) is 1. The lowest BCUT2D eigenvalue weighted by molar-refractivity contribution is 0.193. The highest BCUT2D eigenvalue weighted by molar-refractivity contribution is 5.91. The molecule has 1 aliphatic heterocycles. The summed E-state index contributed by atoms with van der Waals surface area (Å²) in [7, 11) is 3.26. The number of methoxy groups -OCH3 is 2. The van der Waals surface area contributed by atoms with E-state index < -0.39 is 0 Å². The quantitative estimate of drug-likeness (QED) is 0.576. The van der Waals surface area contributed by atoms with Gasteiger partial charge in [0.25, 0.3) is 0 Å².